The topological polar surface area (TPSA) is 135 Å². The maximum Gasteiger partial charge on any atom is 0.320 e. The number of hydrogen-bond acceptors (Lipinski definition) is 8. The lowest BCUT2D eigenvalue weighted by atomic mass is 10.1. The number of allylic oxidation sites excluding steroid dienone is 4. The van der Waals surface area contributed by atoms with Crippen molar-refractivity contribution in [3.8, 4) is 0 Å². The van der Waals surface area contributed by atoms with E-state index in [0.29, 0.717) is 5.57 Å². The van der Waals surface area contributed by atoms with Gasteiger partial charge in [0.25, 0.3) is 5.78 Å². The number of aromatic nitrogens is 3. The fourth-order valence-electron chi connectivity index (χ4n) is 2.30. The summed E-state index contributed by atoms with van der Waals surface area (Å²) in [6.07, 6.45) is 5.49. The largest absolute Gasteiger partial charge is 0.504 e. The smallest absolute Gasteiger partial charge is 0.320 e. The molecular formula is C14H10FN5O5. The molecule has 0 atom stereocenters. The van der Waals surface area contributed by atoms with Gasteiger partial charge in [-0.3, -0.25) is 20.1 Å². The SMILES string of the molecule is Cn1/c(=C2\C=CN(O)C(F)=C2)nn/c1=C1/C=C(O)C(=O)C([N+](=O)[O-])=C1. The highest BCUT2D eigenvalue weighted by atomic mass is 19.1. The third-order valence-corrected chi connectivity index (χ3v) is 3.53. The van der Waals surface area contributed by atoms with Crippen LogP contribution >= 0.6 is 0 Å². The zero-order chi connectivity index (χ0) is 18.3. The Hall–Kier alpha value is -3.60. The number of nitro groups is 1. The Morgan fingerprint density at radius 2 is 1.84 bits per heavy atom. The van der Waals surface area contributed by atoms with Crippen molar-refractivity contribution >= 4 is 16.9 Å². The van der Waals surface area contributed by atoms with Crippen LogP contribution in [0.4, 0.5) is 4.39 Å². The first-order valence-corrected chi connectivity index (χ1v) is 6.78. The molecule has 128 valence electrons. The summed E-state index contributed by atoms with van der Waals surface area (Å²) < 4.78 is 14.9. The average Bonchev–Trinajstić information content (AvgIpc) is 2.94. The van der Waals surface area contributed by atoms with Gasteiger partial charge in [-0.1, -0.05) is 0 Å². The fraction of sp³-hybridized carbons (Fsp3) is 0.0714. The monoisotopic (exact) mass is 347 g/mol. The zero-order valence-electron chi connectivity index (χ0n) is 12.6. The van der Waals surface area contributed by atoms with Crippen LogP contribution in [0, 0.1) is 10.1 Å². The highest BCUT2D eigenvalue weighted by Crippen LogP contribution is 2.18. The summed E-state index contributed by atoms with van der Waals surface area (Å²) in [7, 11) is 1.52. The molecule has 3 rings (SSSR count). The van der Waals surface area contributed by atoms with E-state index in [1.807, 2.05) is 0 Å². The summed E-state index contributed by atoms with van der Waals surface area (Å²) in [6.45, 7) is 0. The Labute approximate surface area is 138 Å². The second kappa shape index (κ2) is 5.79. The number of ketones is 1. The van der Waals surface area contributed by atoms with Gasteiger partial charge in [0, 0.05) is 36.5 Å². The van der Waals surface area contributed by atoms with Gasteiger partial charge >= 0.3 is 5.70 Å². The Morgan fingerprint density at radius 3 is 2.44 bits per heavy atom. The van der Waals surface area contributed by atoms with Gasteiger partial charge < -0.3 is 9.67 Å². The summed E-state index contributed by atoms with van der Waals surface area (Å²) >= 11 is 0. The van der Waals surface area contributed by atoms with Gasteiger partial charge in [-0.15, -0.1) is 10.2 Å². The molecule has 1 aliphatic heterocycles. The third kappa shape index (κ3) is 2.72. The summed E-state index contributed by atoms with van der Waals surface area (Å²) in [4.78, 5) is 21.6. The molecule has 11 heteroatoms. The van der Waals surface area contributed by atoms with Crippen LogP contribution in [0.3, 0.4) is 0 Å². The van der Waals surface area contributed by atoms with Crippen LogP contribution in [0.1, 0.15) is 0 Å². The molecule has 1 aromatic heterocycles. The van der Waals surface area contributed by atoms with E-state index in [-0.39, 0.29) is 21.6 Å². The molecular weight excluding hydrogens is 337 g/mol. The van der Waals surface area contributed by atoms with Crippen molar-refractivity contribution in [3.05, 3.63) is 69.0 Å². The minimum absolute atomic E-state index is 0.0960. The van der Waals surface area contributed by atoms with Crippen LogP contribution in [0.5, 0.6) is 0 Å². The number of rotatable bonds is 1. The molecule has 0 saturated carbocycles. The Bertz CT molecular complexity index is 1050. The average molecular weight is 347 g/mol. The molecule has 0 saturated heterocycles. The summed E-state index contributed by atoms with van der Waals surface area (Å²) in [5, 5.41) is 37.7. The van der Waals surface area contributed by atoms with E-state index in [2.05, 4.69) is 10.2 Å². The molecule has 2 N–H and O–H groups in total. The summed E-state index contributed by atoms with van der Waals surface area (Å²) in [5.74, 6) is -2.82. The van der Waals surface area contributed by atoms with Crippen molar-refractivity contribution in [1.29, 1.82) is 0 Å². The lowest BCUT2D eigenvalue weighted by molar-refractivity contribution is -0.418. The normalized spacial score (nSPS) is 21.8. The Kier molecular flexibility index (Phi) is 3.77. The molecule has 0 spiro atoms. The van der Waals surface area contributed by atoms with Gasteiger partial charge in [0.2, 0.25) is 5.95 Å². The van der Waals surface area contributed by atoms with E-state index in [9.17, 15) is 24.4 Å². The second-order valence-electron chi connectivity index (χ2n) is 5.09. The van der Waals surface area contributed by atoms with Crippen molar-refractivity contribution in [2.75, 3.05) is 0 Å². The van der Waals surface area contributed by atoms with E-state index in [4.69, 9.17) is 5.21 Å². The second-order valence-corrected chi connectivity index (χ2v) is 5.09. The number of hydrogen-bond donors (Lipinski definition) is 2. The minimum atomic E-state index is -1.10. The van der Waals surface area contributed by atoms with Crippen LogP contribution in [-0.2, 0) is 11.8 Å². The zero-order valence-corrected chi connectivity index (χ0v) is 12.6. The third-order valence-electron chi connectivity index (χ3n) is 3.53. The molecule has 0 aromatic carbocycles. The van der Waals surface area contributed by atoms with Crippen LogP contribution in [0.2, 0.25) is 0 Å². The van der Waals surface area contributed by atoms with Crippen molar-refractivity contribution in [3.63, 3.8) is 0 Å². The van der Waals surface area contributed by atoms with Gasteiger partial charge in [0.1, 0.15) is 0 Å². The first-order chi connectivity index (χ1) is 11.8. The van der Waals surface area contributed by atoms with Gasteiger partial charge in [-0.25, -0.2) is 5.06 Å². The molecule has 0 bridgehead atoms. The quantitative estimate of drug-likeness (QED) is 0.388. The van der Waals surface area contributed by atoms with E-state index in [1.54, 1.807) is 0 Å². The first kappa shape index (κ1) is 16.3. The number of nitrogens with zero attached hydrogens (tertiary/aromatic N) is 5. The maximum absolute atomic E-state index is 13.5. The standard InChI is InChI=1S/C14H10FN5O5/c1-18-13(7-2-3-19(23)11(15)6-7)16-17-14(18)8-4-9(20(24)25)12(22)10(21)5-8/h2-6,21,23H,1H3/b13-7+,14-8-. The number of aliphatic hydroxyl groups excluding tert-OH is 1. The number of aliphatic hydroxyl groups is 1. The minimum Gasteiger partial charge on any atom is -0.504 e. The molecule has 25 heavy (non-hydrogen) atoms. The molecule has 0 radical (unpaired) electrons. The maximum atomic E-state index is 13.5. The summed E-state index contributed by atoms with van der Waals surface area (Å²) in [6, 6.07) is 0. The number of carbonyl (C=O) groups excluding carboxylic acids is 1. The van der Waals surface area contributed by atoms with Crippen LogP contribution < -0.4 is 11.0 Å². The first-order valence-electron chi connectivity index (χ1n) is 6.78. The van der Waals surface area contributed by atoms with E-state index < -0.39 is 28.1 Å². The number of halogens is 1. The van der Waals surface area contributed by atoms with Gasteiger partial charge in [-0.05, 0) is 12.2 Å². The molecule has 2 heterocycles. The Morgan fingerprint density at radius 1 is 1.20 bits per heavy atom. The van der Waals surface area contributed by atoms with Crippen LogP contribution in [0.25, 0.3) is 11.1 Å². The number of hydroxylamine groups is 2. The lowest BCUT2D eigenvalue weighted by Crippen LogP contribution is -2.29. The molecule has 0 fully saturated rings. The van der Waals surface area contributed by atoms with Crippen molar-refractivity contribution in [2.45, 2.75) is 0 Å². The van der Waals surface area contributed by atoms with Gasteiger partial charge in [0.05, 0.1) is 4.92 Å². The molecule has 1 aliphatic carbocycles. The van der Waals surface area contributed by atoms with Gasteiger partial charge in [-0.2, -0.15) is 4.39 Å². The predicted octanol–water partition coefficient (Wildman–Crippen LogP) is -0.669. The van der Waals surface area contributed by atoms with Crippen LogP contribution in [-0.4, -0.2) is 40.8 Å². The van der Waals surface area contributed by atoms with E-state index in [1.165, 1.54) is 17.7 Å². The van der Waals surface area contributed by atoms with Crippen LogP contribution in [0.15, 0.2) is 47.9 Å². The van der Waals surface area contributed by atoms with Crippen molar-refractivity contribution in [2.24, 2.45) is 7.05 Å². The predicted molar refractivity (Wildman–Crippen MR) is 79.8 cm³/mol. The molecule has 0 amide bonds. The highest BCUT2D eigenvalue weighted by molar-refractivity contribution is 6.09. The van der Waals surface area contributed by atoms with Crippen molar-refractivity contribution < 1.29 is 24.4 Å². The summed E-state index contributed by atoms with van der Waals surface area (Å²) in [5.41, 5.74) is -0.0779. The van der Waals surface area contributed by atoms with E-state index in [0.717, 1.165) is 24.4 Å². The number of Topliss-reactive ketones (excluding diaryl/α,β-unsaturated/α-hetero) is 1. The lowest BCUT2D eigenvalue weighted by Gasteiger charge is -2.12. The molecule has 2 aliphatic rings. The highest BCUT2D eigenvalue weighted by Gasteiger charge is 2.30. The molecule has 10 nitrogen and oxygen atoms in total. The van der Waals surface area contributed by atoms with Gasteiger partial charge in [0.15, 0.2) is 16.7 Å². The molecule has 0 unspecified atom stereocenters. The molecule has 1 aromatic rings. The van der Waals surface area contributed by atoms with E-state index >= 15 is 0 Å². The van der Waals surface area contributed by atoms with Crippen molar-refractivity contribution in [1.82, 2.24) is 19.8 Å². The Balaban J connectivity index is 2.26. The fourth-order valence-corrected chi connectivity index (χ4v) is 2.30. The number of carbonyl (C=O) groups is 1.